The van der Waals surface area contributed by atoms with Crippen LogP contribution in [-0.2, 0) is 0 Å². The van der Waals surface area contributed by atoms with Crippen molar-refractivity contribution in [1.82, 2.24) is 0 Å². The highest BCUT2D eigenvalue weighted by molar-refractivity contribution is 9.10. The molecule has 12 heavy (non-hydrogen) atoms. The van der Waals surface area contributed by atoms with E-state index in [2.05, 4.69) is 15.9 Å². The molecular formula is C8H5BrClNS. The van der Waals surface area contributed by atoms with Crippen LogP contribution < -0.4 is 5.73 Å². The first-order valence-electron chi connectivity index (χ1n) is 3.31. The summed E-state index contributed by atoms with van der Waals surface area (Å²) in [6, 6.07) is 3.88. The third-order valence-corrected chi connectivity index (χ3v) is 3.84. The minimum atomic E-state index is 0.768. The molecule has 0 saturated carbocycles. The zero-order valence-corrected chi connectivity index (χ0v) is 9.13. The van der Waals surface area contributed by atoms with E-state index in [1.165, 1.54) is 0 Å². The van der Waals surface area contributed by atoms with E-state index >= 15 is 0 Å². The maximum Gasteiger partial charge on any atom is 0.0640 e. The number of nitrogens with two attached hydrogens (primary N) is 1. The molecule has 2 aromatic rings. The molecule has 0 aliphatic rings. The molecule has 4 heteroatoms. The molecule has 2 N–H and O–H groups in total. The van der Waals surface area contributed by atoms with Crippen LogP contribution in [0.5, 0.6) is 0 Å². The molecule has 1 nitrogen and oxygen atoms in total. The normalized spacial score (nSPS) is 10.8. The van der Waals surface area contributed by atoms with Gasteiger partial charge in [0.2, 0.25) is 0 Å². The number of halogens is 2. The summed E-state index contributed by atoms with van der Waals surface area (Å²) in [5, 5.41) is 3.70. The fourth-order valence-corrected chi connectivity index (χ4v) is 2.76. The van der Waals surface area contributed by atoms with Gasteiger partial charge in [0.25, 0.3) is 0 Å². The van der Waals surface area contributed by atoms with Crippen molar-refractivity contribution < 1.29 is 0 Å². The standard InChI is InChI=1S/C8H5BrClNS/c9-5-2-1-4-6(10)3-12-8(4)7(5)11/h1-3H,11H2. The number of anilines is 1. The van der Waals surface area contributed by atoms with Gasteiger partial charge in [0.05, 0.1) is 15.4 Å². The van der Waals surface area contributed by atoms with E-state index in [0.717, 1.165) is 25.3 Å². The smallest absolute Gasteiger partial charge is 0.0640 e. The summed E-state index contributed by atoms with van der Waals surface area (Å²) in [7, 11) is 0. The first kappa shape index (κ1) is 8.35. The Labute approximate surface area is 87.3 Å². The van der Waals surface area contributed by atoms with Gasteiger partial charge >= 0.3 is 0 Å². The number of rotatable bonds is 0. The molecule has 0 unspecified atom stereocenters. The summed E-state index contributed by atoms with van der Waals surface area (Å²) >= 11 is 10.9. The molecule has 1 heterocycles. The Bertz CT molecular complexity index is 438. The SMILES string of the molecule is Nc1c(Br)ccc2c(Cl)csc12. The van der Waals surface area contributed by atoms with Crippen LogP contribution in [0.3, 0.4) is 0 Å². The minimum absolute atomic E-state index is 0.768. The Balaban J connectivity index is 2.93. The summed E-state index contributed by atoms with van der Waals surface area (Å²) in [6.07, 6.45) is 0. The monoisotopic (exact) mass is 261 g/mol. The maximum absolute atomic E-state index is 5.94. The van der Waals surface area contributed by atoms with E-state index in [-0.39, 0.29) is 0 Å². The molecule has 0 saturated heterocycles. The number of benzene rings is 1. The van der Waals surface area contributed by atoms with Gasteiger partial charge in [-0.25, -0.2) is 0 Å². The Morgan fingerprint density at radius 2 is 2.17 bits per heavy atom. The van der Waals surface area contributed by atoms with Crippen LogP contribution in [-0.4, -0.2) is 0 Å². The number of hydrogen-bond acceptors (Lipinski definition) is 2. The Morgan fingerprint density at radius 1 is 1.42 bits per heavy atom. The summed E-state index contributed by atoms with van der Waals surface area (Å²) < 4.78 is 1.97. The van der Waals surface area contributed by atoms with Gasteiger partial charge < -0.3 is 5.73 Å². The van der Waals surface area contributed by atoms with Gasteiger partial charge in [0.1, 0.15) is 0 Å². The van der Waals surface area contributed by atoms with Crippen LogP contribution in [0.15, 0.2) is 22.0 Å². The molecular weight excluding hydrogens is 258 g/mol. The average molecular weight is 263 g/mol. The van der Waals surface area contributed by atoms with Gasteiger partial charge in [0.15, 0.2) is 0 Å². The highest BCUT2D eigenvalue weighted by Crippen LogP contribution is 2.37. The number of nitrogen functional groups attached to an aromatic ring is 1. The number of fused-ring (bicyclic) bond motifs is 1. The van der Waals surface area contributed by atoms with Crippen molar-refractivity contribution in [2.75, 3.05) is 5.73 Å². The zero-order valence-electron chi connectivity index (χ0n) is 5.97. The lowest BCUT2D eigenvalue weighted by Gasteiger charge is -1.98. The Hall–Kier alpha value is -0.250. The van der Waals surface area contributed by atoms with E-state index in [0.29, 0.717) is 0 Å². The lowest BCUT2D eigenvalue weighted by Crippen LogP contribution is -1.85. The van der Waals surface area contributed by atoms with E-state index in [1.807, 2.05) is 17.5 Å². The van der Waals surface area contributed by atoms with E-state index < -0.39 is 0 Å². The highest BCUT2D eigenvalue weighted by atomic mass is 79.9. The van der Waals surface area contributed by atoms with Crippen molar-refractivity contribution in [1.29, 1.82) is 0 Å². The fraction of sp³-hybridized carbons (Fsp3) is 0. The molecule has 62 valence electrons. The molecule has 0 aliphatic heterocycles. The largest absolute Gasteiger partial charge is 0.397 e. The zero-order chi connectivity index (χ0) is 8.72. The molecule has 0 fully saturated rings. The van der Waals surface area contributed by atoms with E-state index in [4.69, 9.17) is 17.3 Å². The second-order valence-electron chi connectivity index (χ2n) is 2.42. The Morgan fingerprint density at radius 3 is 2.92 bits per heavy atom. The summed E-state index contributed by atoms with van der Waals surface area (Å²) in [6.45, 7) is 0. The van der Waals surface area contributed by atoms with Gasteiger partial charge in [-0.1, -0.05) is 17.7 Å². The molecule has 0 aliphatic carbocycles. The van der Waals surface area contributed by atoms with E-state index in [1.54, 1.807) is 11.3 Å². The average Bonchev–Trinajstić information content (AvgIpc) is 2.41. The summed E-state index contributed by atoms with van der Waals surface area (Å²) in [5.74, 6) is 0. The second-order valence-corrected chi connectivity index (χ2v) is 4.56. The molecule has 2 rings (SSSR count). The van der Waals surface area contributed by atoms with Crippen LogP contribution >= 0.6 is 38.9 Å². The quantitative estimate of drug-likeness (QED) is 0.716. The predicted molar refractivity (Wildman–Crippen MR) is 58.9 cm³/mol. The van der Waals surface area contributed by atoms with Gasteiger partial charge in [-0.05, 0) is 22.0 Å². The van der Waals surface area contributed by atoms with Crippen LogP contribution in [0.2, 0.25) is 5.02 Å². The number of hydrogen-bond donors (Lipinski definition) is 1. The first-order valence-corrected chi connectivity index (χ1v) is 5.36. The van der Waals surface area contributed by atoms with Crippen molar-refractivity contribution >= 4 is 54.6 Å². The molecule has 0 atom stereocenters. The second kappa shape index (κ2) is 2.91. The topological polar surface area (TPSA) is 26.0 Å². The van der Waals surface area contributed by atoms with Crippen molar-refractivity contribution in [2.45, 2.75) is 0 Å². The molecule has 1 aromatic carbocycles. The molecule has 0 spiro atoms. The lowest BCUT2D eigenvalue weighted by atomic mass is 10.2. The Kier molecular flexibility index (Phi) is 2.02. The minimum Gasteiger partial charge on any atom is -0.397 e. The van der Waals surface area contributed by atoms with Crippen LogP contribution in [0, 0.1) is 0 Å². The van der Waals surface area contributed by atoms with Crippen molar-refractivity contribution in [2.24, 2.45) is 0 Å². The predicted octanol–water partition coefficient (Wildman–Crippen LogP) is 3.90. The summed E-state index contributed by atoms with van der Waals surface area (Å²) in [5.41, 5.74) is 6.60. The van der Waals surface area contributed by atoms with Gasteiger partial charge in [0, 0.05) is 15.2 Å². The van der Waals surface area contributed by atoms with Gasteiger partial charge in [-0.2, -0.15) is 0 Å². The van der Waals surface area contributed by atoms with Crippen molar-refractivity contribution in [3.63, 3.8) is 0 Å². The van der Waals surface area contributed by atoms with Crippen LogP contribution in [0.1, 0.15) is 0 Å². The maximum atomic E-state index is 5.94. The lowest BCUT2D eigenvalue weighted by molar-refractivity contribution is 1.73. The molecule has 1 aromatic heterocycles. The van der Waals surface area contributed by atoms with E-state index in [9.17, 15) is 0 Å². The summed E-state index contributed by atoms with van der Waals surface area (Å²) in [4.78, 5) is 0. The molecule has 0 radical (unpaired) electrons. The fourth-order valence-electron chi connectivity index (χ4n) is 1.06. The molecule has 0 bridgehead atoms. The van der Waals surface area contributed by atoms with Gasteiger partial charge in [-0.3, -0.25) is 0 Å². The van der Waals surface area contributed by atoms with Crippen LogP contribution in [0.4, 0.5) is 5.69 Å². The first-order chi connectivity index (χ1) is 5.70. The molecule has 0 amide bonds. The van der Waals surface area contributed by atoms with Crippen LogP contribution in [0.25, 0.3) is 10.1 Å². The highest BCUT2D eigenvalue weighted by Gasteiger charge is 2.06. The van der Waals surface area contributed by atoms with Gasteiger partial charge in [-0.15, -0.1) is 11.3 Å². The number of thiophene rings is 1. The third-order valence-electron chi connectivity index (χ3n) is 1.68. The van der Waals surface area contributed by atoms with Crippen molar-refractivity contribution in [3.8, 4) is 0 Å². The third kappa shape index (κ3) is 1.13. The van der Waals surface area contributed by atoms with Crippen molar-refractivity contribution in [3.05, 3.63) is 27.0 Å².